The number of rotatable bonds is 4. The Kier molecular flexibility index (Phi) is 5.49. The summed E-state index contributed by atoms with van der Waals surface area (Å²) in [5, 5.41) is 2.17. The monoisotopic (exact) mass is 411 g/mol. The van der Waals surface area contributed by atoms with E-state index >= 15 is 0 Å². The third-order valence-electron chi connectivity index (χ3n) is 3.80. The molecule has 0 aromatic heterocycles. The van der Waals surface area contributed by atoms with E-state index < -0.39 is 46.4 Å². The second kappa shape index (κ2) is 7.86. The fraction of sp³-hybridized carbons (Fsp3) is 0.0500. The molecule has 1 amide bonds. The van der Waals surface area contributed by atoms with Crippen molar-refractivity contribution in [3.63, 3.8) is 0 Å². The number of hydrogen-bond acceptors (Lipinski definition) is 2. The van der Waals surface area contributed by atoms with Gasteiger partial charge in [0.05, 0.1) is 5.56 Å². The zero-order valence-corrected chi connectivity index (χ0v) is 14.4. The van der Waals surface area contributed by atoms with Crippen LogP contribution in [0.2, 0.25) is 0 Å². The zero-order chi connectivity index (χ0) is 21.2. The molecule has 0 unspecified atom stereocenters. The van der Waals surface area contributed by atoms with E-state index in [1.54, 1.807) is 0 Å². The maximum Gasteiger partial charge on any atom is 0.419 e. The molecule has 0 aliphatic carbocycles. The normalized spacial score (nSPS) is 11.2. The van der Waals surface area contributed by atoms with Gasteiger partial charge >= 0.3 is 6.18 Å². The SMILES string of the molecule is O=C(Nc1ccc(Oc2ccccc2C(F)(F)F)cc1)c1c(F)ccc(F)c1F. The van der Waals surface area contributed by atoms with Crippen molar-refractivity contribution in [2.45, 2.75) is 6.18 Å². The van der Waals surface area contributed by atoms with E-state index in [0.717, 1.165) is 12.1 Å². The van der Waals surface area contributed by atoms with Crippen LogP contribution in [0.15, 0.2) is 60.7 Å². The van der Waals surface area contributed by atoms with Gasteiger partial charge in [-0.15, -0.1) is 0 Å². The quantitative estimate of drug-likeness (QED) is 0.412. The van der Waals surface area contributed by atoms with E-state index in [1.165, 1.54) is 36.4 Å². The minimum absolute atomic E-state index is 0.0304. The number of amides is 1. The lowest BCUT2D eigenvalue weighted by Crippen LogP contribution is -2.16. The number of carbonyl (C=O) groups is 1. The molecule has 0 fully saturated rings. The lowest BCUT2D eigenvalue weighted by molar-refractivity contribution is -0.138. The first-order chi connectivity index (χ1) is 13.7. The zero-order valence-electron chi connectivity index (χ0n) is 14.4. The molecule has 0 aliphatic heterocycles. The Labute approximate surface area is 160 Å². The fourth-order valence-corrected chi connectivity index (χ4v) is 2.45. The minimum atomic E-state index is -4.61. The first kappa shape index (κ1) is 20.2. The predicted octanol–water partition coefficient (Wildman–Crippen LogP) is 6.17. The van der Waals surface area contributed by atoms with Gasteiger partial charge in [0.15, 0.2) is 11.6 Å². The average molecular weight is 411 g/mol. The van der Waals surface area contributed by atoms with E-state index in [1.807, 2.05) is 0 Å². The van der Waals surface area contributed by atoms with Crippen LogP contribution >= 0.6 is 0 Å². The van der Waals surface area contributed by atoms with Crippen molar-refractivity contribution in [2.24, 2.45) is 0 Å². The highest BCUT2D eigenvalue weighted by Gasteiger charge is 2.34. The number of nitrogens with one attached hydrogen (secondary N) is 1. The largest absolute Gasteiger partial charge is 0.457 e. The molecule has 3 aromatic carbocycles. The maximum absolute atomic E-state index is 13.7. The first-order valence-corrected chi connectivity index (χ1v) is 8.06. The van der Waals surface area contributed by atoms with Crippen molar-refractivity contribution < 1.29 is 35.9 Å². The van der Waals surface area contributed by atoms with Crippen molar-refractivity contribution in [3.05, 3.63) is 89.2 Å². The van der Waals surface area contributed by atoms with Gasteiger partial charge in [-0.2, -0.15) is 13.2 Å². The van der Waals surface area contributed by atoms with Gasteiger partial charge in [0.25, 0.3) is 5.91 Å². The van der Waals surface area contributed by atoms with E-state index in [4.69, 9.17) is 4.74 Å². The number of anilines is 1. The summed E-state index contributed by atoms with van der Waals surface area (Å²) in [6.07, 6.45) is -4.61. The number of para-hydroxylation sites is 1. The van der Waals surface area contributed by atoms with Gasteiger partial charge in [-0.25, -0.2) is 13.2 Å². The second-order valence-corrected chi connectivity index (χ2v) is 5.79. The molecule has 0 radical (unpaired) electrons. The van der Waals surface area contributed by atoms with Crippen LogP contribution < -0.4 is 10.1 Å². The standard InChI is InChI=1S/C20H11F6NO2/c21-14-9-10-15(22)18(23)17(14)19(28)27-11-5-7-12(8-6-11)29-16-4-2-1-3-13(16)20(24,25)26/h1-10H,(H,27,28). The van der Waals surface area contributed by atoms with Gasteiger partial charge in [0.1, 0.15) is 22.9 Å². The summed E-state index contributed by atoms with van der Waals surface area (Å²) in [4.78, 5) is 12.0. The summed E-state index contributed by atoms with van der Waals surface area (Å²) in [5.74, 6) is -5.88. The number of ether oxygens (including phenoxy) is 1. The number of halogens is 6. The van der Waals surface area contributed by atoms with Crippen LogP contribution in [0.5, 0.6) is 11.5 Å². The third-order valence-corrected chi connectivity index (χ3v) is 3.80. The average Bonchev–Trinajstić information content (AvgIpc) is 2.66. The highest BCUT2D eigenvalue weighted by Crippen LogP contribution is 2.38. The Morgan fingerprint density at radius 1 is 0.828 bits per heavy atom. The van der Waals surface area contributed by atoms with Crippen LogP contribution in [-0.4, -0.2) is 5.91 Å². The summed E-state index contributed by atoms with van der Waals surface area (Å²) in [5.41, 5.74) is -1.99. The van der Waals surface area contributed by atoms with Crippen LogP contribution in [0.4, 0.5) is 32.0 Å². The van der Waals surface area contributed by atoms with Crippen LogP contribution in [0.1, 0.15) is 15.9 Å². The predicted molar refractivity (Wildman–Crippen MR) is 92.2 cm³/mol. The van der Waals surface area contributed by atoms with Gasteiger partial charge in [0, 0.05) is 5.69 Å². The molecule has 9 heteroatoms. The summed E-state index contributed by atoms with van der Waals surface area (Å²) >= 11 is 0. The van der Waals surface area contributed by atoms with Gasteiger partial charge < -0.3 is 10.1 Å². The maximum atomic E-state index is 13.7. The smallest absolute Gasteiger partial charge is 0.419 e. The Balaban J connectivity index is 1.77. The molecule has 0 bridgehead atoms. The number of benzene rings is 3. The fourth-order valence-electron chi connectivity index (χ4n) is 2.45. The topological polar surface area (TPSA) is 38.3 Å². The highest BCUT2D eigenvalue weighted by molar-refractivity contribution is 6.04. The molecule has 3 nitrogen and oxygen atoms in total. The molecule has 0 saturated carbocycles. The Bertz CT molecular complexity index is 1050. The summed E-state index contributed by atoms with van der Waals surface area (Å²) in [7, 11) is 0. The van der Waals surface area contributed by atoms with Crippen molar-refractivity contribution in [1.29, 1.82) is 0 Å². The lowest BCUT2D eigenvalue weighted by Gasteiger charge is -2.14. The van der Waals surface area contributed by atoms with E-state index in [9.17, 15) is 31.1 Å². The van der Waals surface area contributed by atoms with Crippen molar-refractivity contribution in [1.82, 2.24) is 0 Å². The third kappa shape index (κ3) is 4.50. The van der Waals surface area contributed by atoms with Crippen molar-refractivity contribution in [3.8, 4) is 11.5 Å². The minimum Gasteiger partial charge on any atom is -0.457 e. The molecule has 29 heavy (non-hydrogen) atoms. The molecule has 0 aliphatic rings. The number of carbonyl (C=O) groups excluding carboxylic acids is 1. The molecular weight excluding hydrogens is 400 g/mol. The van der Waals surface area contributed by atoms with Gasteiger partial charge in [-0.1, -0.05) is 12.1 Å². The van der Waals surface area contributed by atoms with Crippen LogP contribution in [-0.2, 0) is 6.18 Å². The summed E-state index contributed by atoms with van der Waals surface area (Å²) in [6.45, 7) is 0. The molecule has 3 rings (SSSR count). The highest BCUT2D eigenvalue weighted by atomic mass is 19.4. The van der Waals surface area contributed by atoms with E-state index in [-0.39, 0.29) is 11.4 Å². The van der Waals surface area contributed by atoms with Crippen LogP contribution in [0, 0.1) is 17.5 Å². The summed E-state index contributed by atoms with van der Waals surface area (Å²) in [6, 6.07) is 10.8. The molecular formula is C20H11F6NO2. The summed E-state index contributed by atoms with van der Waals surface area (Å²) < 4.78 is 84.8. The lowest BCUT2D eigenvalue weighted by atomic mass is 10.1. The Hall–Kier alpha value is -3.49. The molecule has 0 heterocycles. The Morgan fingerprint density at radius 2 is 1.45 bits per heavy atom. The molecule has 150 valence electrons. The van der Waals surface area contributed by atoms with Crippen molar-refractivity contribution in [2.75, 3.05) is 5.32 Å². The van der Waals surface area contributed by atoms with Gasteiger partial charge in [-0.05, 0) is 48.5 Å². The second-order valence-electron chi connectivity index (χ2n) is 5.79. The van der Waals surface area contributed by atoms with E-state index in [2.05, 4.69) is 5.32 Å². The molecule has 0 saturated heterocycles. The van der Waals surface area contributed by atoms with E-state index in [0.29, 0.717) is 12.1 Å². The van der Waals surface area contributed by atoms with Gasteiger partial charge in [-0.3, -0.25) is 4.79 Å². The number of hydrogen-bond donors (Lipinski definition) is 1. The molecule has 0 spiro atoms. The first-order valence-electron chi connectivity index (χ1n) is 8.06. The molecule has 3 aromatic rings. The van der Waals surface area contributed by atoms with Crippen LogP contribution in [0.3, 0.4) is 0 Å². The Morgan fingerprint density at radius 3 is 2.10 bits per heavy atom. The van der Waals surface area contributed by atoms with Gasteiger partial charge in [0.2, 0.25) is 0 Å². The van der Waals surface area contributed by atoms with Crippen molar-refractivity contribution >= 4 is 11.6 Å². The molecule has 0 atom stereocenters. The number of alkyl halides is 3. The van der Waals surface area contributed by atoms with Crippen LogP contribution in [0.25, 0.3) is 0 Å². The molecule has 1 N–H and O–H groups in total.